The standard InChI is InChI=1S/C24H24N4O4/c1-13(14-7-3-2-4-8-14)28-21(30)19-17(11-12-18(25)29)27-24(20(19)22(28)31)15-9-5-6-10-16(15)26-23(24)32/h2-10,13,17,19-20,27H,11-12H2,1H3,(H2,25,29)(H,26,32)/t13-,17+,19+,20-,24+/m0/s1. The van der Waals surface area contributed by atoms with Gasteiger partial charge in [-0.3, -0.25) is 29.4 Å². The van der Waals surface area contributed by atoms with Gasteiger partial charge in [0.25, 0.3) is 0 Å². The number of amides is 4. The van der Waals surface area contributed by atoms with Crippen molar-refractivity contribution in [3.63, 3.8) is 0 Å². The summed E-state index contributed by atoms with van der Waals surface area (Å²) in [5.41, 5.74) is 6.11. The van der Waals surface area contributed by atoms with E-state index in [0.29, 0.717) is 11.3 Å². The van der Waals surface area contributed by atoms with Gasteiger partial charge in [-0.15, -0.1) is 0 Å². The summed E-state index contributed by atoms with van der Waals surface area (Å²) in [6.07, 6.45) is 0.316. The molecule has 0 unspecified atom stereocenters. The second-order valence-electron chi connectivity index (χ2n) is 8.70. The summed E-state index contributed by atoms with van der Waals surface area (Å²) >= 11 is 0. The molecule has 3 heterocycles. The average Bonchev–Trinajstić information content (AvgIpc) is 3.37. The molecule has 0 bridgehead atoms. The van der Waals surface area contributed by atoms with E-state index in [1.54, 1.807) is 24.3 Å². The molecule has 2 aromatic rings. The van der Waals surface area contributed by atoms with Gasteiger partial charge in [0.2, 0.25) is 23.6 Å². The van der Waals surface area contributed by atoms with Crippen molar-refractivity contribution in [3.8, 4) is 0 Å². The van der Waals surface area contributed by atoms with Gasteiger partial charge in [0.1, 0.15) is 5.54 Å². The maximum absolute atomic E-state index is 13.8. The Morgan fingerprint density at radius 3 is 2.47 bits per heavy atom. The number of nitrogens with one attached hydrogen (secondary N) is 2. The maximum Gasteiger partial charge on any atom is 0.250 e. The van der Waals surface area contributed by atoms with Crippen molar-refractivity contribution >= 4 is 29.3 Å². The Balaban J connectivity index is 1.61. The number of fused-ring (bicyclic) bond motifs is 4. The lowest BCUT2D eigenvalue weighted by molar-refractivity contribution is -0.145. The molecule has 2 aromatic carbocycles. The third-order valence-electron chi connectivity index (χ3n) is 7.03. The number of para-hydroxylation sites is 1. The van der Waals surface area contributed by atoms with Gasteiger partial charge in [-0.2, -0.15) is 0 Å². The summed E-state index contributed by atoms with van der Waals surface area (Å²) in [6.45, 7) is 1.81. The molecule has 5 rings (SSSR count). The van der Waals surface area contributed by atoms with Crippen LogP contribution in [0.15, 0.2) is 54.6 Å². The fraction of sp³-hybridized carbons (Fsp3) is 0.333. The fourth-order valence-corrected chi connectivity index (χ4v) is 5.59. The topological polar surface area (TPSA) is 122 Å². The number of primary amides is 1. The Kier molecular flexibility index (Phi) is 4.63. The third kappa shape index (κ3) is 2.72. The van der Waals surface area contributed by atoms with E-state index in [2.05, 4.69) is 10.6 Å². The fourth-order valence-electron chi connectivity index (χ4n) is 5.59. The first-order chi connectivity index (χ1) is 15.4. The van der Waals surface area contributed by atoms with E-state index in [1.807, 2.05) is 37.3 Å². The quantitative estimate of drug-likeness (QED) is 0.617. The second-order valence-corrected chi connectivity index (χ2v) is 8.70. The van der Waals surface area contributed by atoms with Crippen molar-refractivity contribution in [1.29, 1.82) is 0 Å². The Labute approximate surface area is 185 Å². The minimum Gasteiger partial charge on any atom is -0.370 e. The average molecular weight is 432 g/mol. The highest BCUT2D eigenvalue weighted by Gasteiger charge is 2.70. The van der Waals surface area contributed by atoms with E-state index < -0.39 is 35.4 Å². The summed E-state index contributed by atoms with van der Waals surface area (Å²) in [6, 6.07) is 15.5. The van der Waals surface area contributed by atoms with Crippen LogP contribution in [0.1, 0.15) is 36.9 Å². The molecule has 4 N–H and O–H groups in total. The highest BCUT2D eigenvalue weighted by Crippen LogP contribution is 2.54. The van der Waals surface area contributed by atoms with E-state index in [1.165, 1.54) is 4.90 Å². The Morgan fingerprint density at radius 1 is 1.06 bits per heavy atom. The number of likely N-dealkylation sites (tertiary alicyclic amines) is 1. The zero-order chi connectivity index (χ0) is 22.6. The number of hydrogen-bond donors (Lipinski definition) is 3. The molecular formula is C24H24N4O4. The van der Waals surface area contributed by atoms with Gasteiger partial charge in [-0.25, -0.2) is 0 Å². The van der Waals surface area contributed by atoms with Crippen LogP contribution < -0.4 is 16.4 Å². The van der Waals surface area contributed by atoms with Crippen LogP contribution in [0.2, 0.25) is 0 Å². The normalized spacial score (nSPS) is 29.2. The minimum atomic E-state index is -1.36. The van der Waals surface area contributed by atoms with Crippen molar-refractivity contribution in [1.82, 2.24) is 10.2 Å². The zero-order valence-corrected chi connectivity index (χ0v) is 17.6. The number of imide groups is 1. The van der Waals surface area contributed by atoms with E-state index >= 15 is 0 Å². The monoisotopic (exact) mass is 432 g/mol. The second kappa shape index (κ2) is 7.27. The molecule has 3 aliphatic rings. The van der Waals surface area contributed by atoms with Gasteiger partial charge in [-0.1, -0.05) is 48.5 Å². The summed E-state index contributed by atoms with van der Waals surface area (Å²) in [7, 11) is 0. The van der Waals surface area contributed by atoms with Crippen molar-refractivity contribution in [2.75, 3.05) is 5.32 Å². The predicted octanol–water partition coefficient (Wildman–Crippen LogP) is 1.43. The number of rotatable bonds is 5. The largest absolute Gasteiger partial charge is 0.370 e. The third-order valence-corrected chi connectivity index (χ3v) is 7.03. The molecule has 2 saturated heterocycles. The molecule has 5 atom stereocenters. The number of nitrogens with zero attached hydrogens (tertiary/aromatic N) is 1. The number of carbonyl (C=O) groups excluding carboxylic acids is 4. The lowest BCUT2D eigenvalue weighted by Gasteiger charge is -2.31. The maximum atomic E-state index is 13.8. The number of hydrogen-bond acceptors (Lipinski definition) is 5. The highest BCUT2D eigenvalue weighted by atomic mass is 16.2. The number of benzene rings is 2. The van der Waals surface area contributed by atoms with Gasteiger partial charge in [0.05, 0.1) is 17.9 Å². The molecule has 0 aliphatic carbocycles. The van der Waals surface area contributed by atoms with Crippen LogP contribution in [-0.4, -0.2) is 34.6 Å². The smallest absolute Gasteiger partial charge is 0.250 e. The first kappa shape index (κ1) is 20.4. The van der Waals surface area contributed by atoms with Crippen molar-refractivity contribution in [2.45, 2.75) is 37.4 Å². The molecule has 2 fully saturated rings. The van der Waals surface area contributed by atoms with Crippen LogP contribution in [0, 0.1) is 11.8 Å². The summed E-state index contributed by atoms with van der Waals surface area (Å²) in [5.74, 6) is -3.21. The molecule has 0 saturated carbocycles. The Bertz CT molecular complexity index is 1130. The van der Waals surface area contributed by atoms with Crippen LogP contribution >= 0.6 is 0 Å². The molecule has 8 nitrogen and oxygen atoms in total. The van der Waals surface area contributed by atoms with E-state index in [-0.39, 0.29) is 30.6 Å². The number of nitrogens with two attached hydrogens (primary N) is 1. The number of anilines is 1. The lowest BCUT2D eigenvalue weighted by atomic mass is 9.76. The first-order valence-corrected chi connectivity index (χ1v) is 10.7. The molecule has 3 aliphatic heterocycles. The first-order valence-electron chi connectivity index (χ1n) is 10.7. The van der Waals surface area contributed by atoms with E-state index in [4.69, 9.17) is 5.73 Å². The molecule has 4 amide bonds. The molecule has 0 radical (unpaired) electrons. The summed E-state index contributed by atoms with van der Waals surface area (Å²) < 4.78 is 0. The van der Waals surface area contributed by atoms with Gasteiger partial charge in [-0.05, 0) is 25.0 Å². The minimum absolute atomic E-state index is 0.0515. The summed E-state index contributed by atoms with van der Waals surface area (Å²) in [5, 5.41) is 6.17. The van der Waals surface area contributed by atoms with Crippen LogP contribution in [0.4, 0.5) is 5.69 Å². The van der Waals surface area contributed by atoms with Crippen LogP contribution in [-0.2, 0) is 24.7 Å². The Morgan fingerprint density at radius 2 is 1.75 bits per heavy atom. The highest BCUT2D eigenvalue weighted by molar-refractivity contribution is 6.15. The van der Waals surface area contributed by atoms with Gasteiger partial charge >= 0.3 is 0 Å². The van der Waals surface area contributed by atoms with Gasteiger partial charge < -0.3 is 11.1 Å². The molecule has 32 heavy (non-hydrogen) atoms. The van der Waals surface area contributed by atoms with Crippen LogP contribution in [0.5, 0.6) is 0 Å². The predicted molar refractivity (Wildman–Crippen MR) is 116 cm³/mol. The Hall–Kier alpha value is -3.52. The number of carbonyl (C=O) groups is 4. The van der Waals surface area contributed by atoms with Crippen molar-refractivity contribution < 1.29 is 19.2 Å². The van der Waals surface area contributed by atoms with Gasteiger partial charge in [0.15, 0.2) is 0 Å². The summed E-state index contributed by atoms with van der Waals surface area (Å²) in [4.78, 5) is 53.6. The van der Waals surface area contributed by atoms with E-state index in [0.717, 1.165) is 5.56 Å². The molecule has 0 aromatic heterocycles. The molecule has 8 heteroatoms. The molecule has 1 spiro atoms. The zero-order valence-electron chi connectivity index (χ0n) is 17.6. The van der Waals surface area contributed by atoms with Crippen molar-refractivity contribution in [3.05, 3.63) is 65.7 Å². The lowest BCUT2D eigenvalue weighted by Crippen LogP contribution is -2.53. The van der Waals surface area contributed by atoms with Crippen LogP contribution in [0.3, 0.4) is 0 Å². The van der Waals surface area contributed by atoms with Gasteiger partial charge in [0, 0.05) is 23.7 Å². The molecular weight excluding hydrogens is 408 g/mol. The molecule has 164 valence electrons. The van der Waals surface area contributed by atoms with E-state index in [9.17, 15) is 19.2 Å². The van der Waals surface area contributed by atoms with Crippen molar-refractivity contribution in [2.24, 2.45) is 17.6 Å². The SMILES string of the molecule is C[C@@H](c1ccccc1)N1C(=O)[C@H]2[C@@H](C1=O)[C@@]1(N[C@@H]2CCC(N)=O)C(=O)Nc2ccccc21. The van der Waals surface area contributed by atoms with Crippen LogP contribution in [0.25, 0.3) is 0 Å².